The van der Waals surface area contributed by atoms with Crippen LogP contribution in [0.25, 0.3) is 0 Å². The summed E-state index contributed by atoms with van der Waals surface area (Å²) in [5.41, 5.74) is -0.464. The summed E-state index contributed by atoms with van der Waals surface area (Å²) in [4.78, 5) is 0. The highest BCUT2D eigenvalue weighted by Gasteiger charge is 2.39. The molecule has 0 aromatic carbocycles. The molecule has 4 nitrogen and oxygen atoms in total. The zero-order chi connectivity index (χ0) is 13.8. The molecule has 0 aromatic rings. The minimum absolute atomic E-state index is 0.134. The Bertz CT molecular complexity index is 392. The van der Waals surface area contributed by atoms with Crippen molar-refractivity contribution in [3.8, 4) is 0 Å². The van der Waals surface area contributed by atoms with E-state index >= 15 is 0 Å². The molecule has 0 radical (unpaired) electrons. The smallest absolute Gasteiger partial charge is 0.257 e. The molecule has 106 valence electrons. The summed E-state index contributed by atoms with van der Waals surface area (Å²) in [5.74, 6) is 1.02. The first-order valence-corrected chi connectivity index (χ1v) is 8.61. The molecule has 1 aliphatic heterocycles. The van der Waals surface area contributed by atoms with E-state index < -0.39 is 15.4 Å². The monoisotopic (exact) mass is 293 g/mol. The molecule has 0 bridgehead atoms. The van der Waals surface area contributed by atoms with Gasteiger partial charge in [-0.05, 0) is 44.3 Å². The van der Waals surface area contributed by atoms with Crippen LogP contribution in [0, 0.1) is 5.92 Å². The third-order valence-electron chi connectivity index (χ3n) is 3.07. The molecule has 1 unspecified atom stereocenters. The van der Waals surface area contributed by atoms with Gasteiger partial charge in [-0.15, -0.1) is 0 Å². The lowest BCUT2D eigenvalue weighted by atomic mass is 10.0. The lowest BCUT2D eigenvalue weighted by Gasteiger charge is -2.25. The summed E-state index contributed by atoms with van der Waals surface area (Å²) < 4.78 is 28.3. The molecule has 6 heteroatoms. The molecular formula is C12H23NO3S2. The van der Waals surface area contributed by atoms with Gasteiger partial charge in [-0.2, -0.15) is 0 Å². The van der Waals surface area contributed by atoms with Crippen LogP contribution in [-0.4, -0.2) is 37.2 Å². The van der Waals surface area contributed by atoms with Gasteiger partial charge in [0.1, 0.15) is 0 Å². The maximum atomic E-state index is 11.4. The van der Waals surface area contributed by atoms with Crippen LogP contribution in [0.2, 0.25) is 0 Å². The molecule has 1 rings (SSSR count). The molecular weight excluding hydrogens is 270 g/mol. The van der Waals surface area contributed by atoms with Gasteiger partial charge in [-0.1, -0.05) is 13.8 Å². The summed E-state index contributed by atoms with van der Waals surface area (Å²) in [6, 6.07) is 0. The van der Waals surface area contributed by atoms with Crippen molar-refractivity contribution < 1.29 is 13.2 Å². The third-order valence-corrected chi connectivity index (χ3v) is 5.19. The van der Waals surface area contributed by atoms with E-state index in [9.17, 15) is 8.42 Å². The second kappa shape index (κ2) is 6.19. The highest BCUT2D eigenvalue weighted by molar-refractivity contribution is 7.91. The Balaban J connectivity index is 2.28. The number of ether oxygens (including phenoxy) is 1. The SMILES string of the molecule is CC(C)CCCOC(=S)NC1(C)CCS(=O)(=O)C1. The quantitative estimate of drug-likeness (QED) is 0.620. The van der Waals surface area contributed by atoms with E-state index in [2.05, 4.69) is 19.2 Å². The van der Waals surface area contributed by atoms with Gasteiger partial charge in [0.15, 0.2) is 9.84 Å². The molecule has 0 aromatic heterocycles. The van der Waals surface area contributed by atoms with Gasteiger partial charge in [0.05, 0.1) is 23.7 Å². The molecule has 0 saturated carbocycles. The Morgan fingerprint density at radius 1 is 1.50 bits per heavy atom. The van der Waals surface area contributed by atoms with Crippen molar-refractivity contribution in [3.63, 3.8) is 0 Å². The van der Waals surface area contributed by atoms with E-state index in [1.54, 1.807) is 0 Å². The molecule has 0 aliphatic carbocycles. The Labute approximate surface area is 115 Å². The second-order valence-electron chi connectivity index (χ2n) is 5.70. The van der Waals surface area contributed by atoms with Crippen LogP contribution < -0.4 is 5.32 Å². The second-order valence-corrected chi connectivity index (χ2v) is 8.25. The first kappa shape index (κ1) is 15.7. The van der Waals surface area contributed by atoms with Crippen molar-refractivity contribution in [1.82, 2.24) is 5.32 Å². The van der Waals surface area contributed by atoms with Crippen LogP contribution in [0.1, 0.15) is 40.0 Å². The van der Waals surface area contributed by atoms with E-state index in [4.69, 9.17) is 17.0 Å². The summed E-state index contributed by atoms with van der Waals surface area (Å²) in [6.07, 6.45) is 2.66. The van der Waals surface area contributed by atoms with Crippen molar-refractivity contribution in [2.45, 2.75) is 45.6 Å². The number of sulfone groups is 1. The largest absolute Gasteiger partial charge is 0.471 e. The molecule has 1 saturated heterocycles. The summed E-state index contributed by atoms with van der Waals surface area (Å²) in [6.45, 7) is 6.80. The molecule has 1 aliphatic rings. The van der Waals surface area contributed by atoms with Gasteiger partial charge < -0.3 is 10.1 Å². The Kier molecular flexibility index (Phi) is 5.40. The van der Waals surface area contributed by atoms with Crippen LogP contribution in [0.3, 0.4) is 0 Å². The molecule has 0 spiro atoms. The van der Waals surface area contributed by atoms with E-state index in [0.29, 0.717) is 24.1 Å². The third kappa shape index (κ3) is 5.52. The lowest BCUT2D eigenvalue weighted by Crippen LogP contribution is -2.47. The minimum Gasteiger partial charge on any atom is -0.471 e. The predicted molar refractivity (Wildman–Crippen MR) is 77.4 cm³/mol. The highest BCUT2D eigenvalue weighted by atomic mass is 32.2. The molecule has 1 atom stereocenters. The van der Waals surface area contributed by atoms with Crippen LogP contribution in [0.5, 0.6) is 0 Å². The van der Waals surface area contributed by atoms with E-state index in [0.717, 1.165) is 12.8 Å². The average Bonchev–Trinajstić information content (AvgIpc) is 2.47. The Morgan fingerprint density at radius 3 is 2.67 bits per heavy atom. The fourth-order valence-corrected chi connectivity index (χ4v) is 4.47. The van der Waals surface area contributed by atoms with Gasteiger partial charge >= 0.3 is 0 Å². The number of thiocarbonyl (C=S) groups is 1. The van der Waals surface area contributed by atoms with Crippen molar-refractivity contribution in [1.29, 1.82) is 0 Å². The molecule has 0 amide bonds. The standard InChI is InChI=1S/C12H23NO3S2/c1-10(2)5-4-7-16-11(17)13-12(3)6-8-18(14,15)9-12/h10H,4-9H2,1-3H3,(H,13,17). The molecule has 1 fully saturated rings. The Morgan fingerprint density at radius 2 is 2.17 bits per heavy atom. The van der Waals surface area contributed by atoms with Gasteiger partial charge in [0, 0.05) is 0 Å². The summed E-state index contributed by atoms with van der Waals surface area (Å²) in [7, 11) is -2.91. The average molecular weight is 293 g/mol. The lowest BCUT2D eigenvalue weighted by molar-refractivity contribution is 0.267. The molecule has 1 heterocycles. The van der Waals surface area contributed by atoms with Gasteiger partial charge in [0.2, 0.25) is 0 Å². The van der Waals surface area contributed by atoms with E-state index in [1.165, 1.54) is 0 Å². The molecule has 18 heavy (non-hydrogen) atoms. The number of nitrogens with one attached hydrogen (secondary N) is 1. The van der Waals surface area contributed by atoms with E-state index in [1.807, 2.05) is 6.92 Å². The Hall–Kier alpha value is -0.360. The number of hydrogen-bond acceptors (Lipinski definition) is 4. The normalized spacial score (nSPS) is 26.2. The first-order chi connectivity index (χ1) is 8.22. The zero-order valence-electron chi connectivity index (χ0n) is 11.4. The van der Waals surface area contributed by atoms with Crippen molar-refractivity contribution in [2.24, 2.45) is 5.92 Å². The minimum atomic E-state index is -2.91. The topological polar surface area (TPSA) is 55.4 Å². The van der Waals surface area contributed by atoms with Gasteiger partial charge in [0.25, 0.3) is 5.17 Å². The van der Waals surface area contributed by atoms with Crippen LogP contribution in [0.15, 0.2) is 0 Å². The first-order valence-electron chi connectivity index (χ1n) is 6.38. The van der Waals surface area contributed by atoms with E-state index in [-0.39, 0.29) is 11.5 Å². The fourth-order valence-electron chi connectivity index (χ4n) is 2.05. The van der Waals surface area contributed by atoms with Crippen molar-refractivity contribution in [2.75, 3.05) is 18.1 Å². The number of hydrogen-bond donors (Lipinski definition) is 1. The maximum Gasteiger partial charge on any atom is 0.257 e. The maximum absolute atomic E-state index is 11.4. The van der Waals surface area contributed by atoms with Crippen molar-refractivity contribution >= 4 is 27.2 Å². The highest BCUT2D eigenvalue weighted by Crippen LogP contribution is 2.22. The van der Waals surface area contributed by atoms with Crippen molar-refractivity contribution in [3.05, 3.63) is 0 Å². The molecule has 1 N–H and O–H groups in total. The van der Waals surface area contributed by atoms with Crippen LogP contribution in [-0.2, 0) is 14.6 Å². The summed E-state index contributed by atoms with van der Waals surface area (Å²) >= 11 is 5.09. The predicted octanol–water partition coefficient (Wildman–Crippen LogP) is 1.89. The fraction of sp³-hybridized carbons (Fsp3) is 0.917. The number of rotatable bonds is 5. The summed E-state index contributed by atoms with van der Waals surface area (Å²) in [5, 5.41) is 3.35. The zero-order valence-corrected chi connectivity index (χ0v) is 13.0. The van der Waals surface area contributed by atoms with Gasteiger partial charge in [-0.3, -0.25) is 0 Å². The van der Waals surface area contributed by atoms with Crippen LogP contribution >= 0.6 is 12.2 Å². The van der Waals surface area contributed by atoms with Gasteiger partial charge in [-0.25, -0.2) is 8.42 Å². The van der Waals surface area contributed by atoms with Crippen LogP contribution in [0.4, 0.5) is 0 Å².